The Labute approximate surface area is 183 Å². The lowest BCUT2D eigenvalue weighted by atomic mass is 9.76. The second-order valence-corrected chi connectivity index (χ2v) is 7.15. The van der Waals surface area contributed by atoms with Crippen LogP contribution in [0.2, 0.25) is 0 Å². The van der Waals surface area contributed by atoms with Gasteiger partial charge in [0.05, 0.1) is 13.1 Å². The number of aliphatic carboxylic acids is 1. The minimum atomic E-state index is -1.19. The van der Waals surface area contributed by atoms with Crippen LogP contribution in [0.1, 0.15) is 18.1 Å². The molecule has 8 heteroatoms. The summed E-state index contributed by atoms with van der Waals surface area (Å²) in [4.78, 5) is 12.3. The normalized spacial score (nSPS) is 11.7. The van der Waals surface area contributed by atoms with Crippen molar-refractivity contribution in [1.82, 2.24) is 0 Å². The number of carboxylic acid groups (broad SMARTS) is 1. The lowest BCUT2D eigenvalue weighted by Gasteiger charge is -2.27. The number of ether oxygens (including phenoxy) is 4. The lowest BCUT2D eigenvalue weighted by molar-refractivity contribution is -0.141. The number of benzene rings is 2. The number of carbonyl (C=O) groups is 1. The third-order valence-electron chi connectivity index (χ3n) is 5.35. The van der Waals surface area contributed by atoms with Gasteiger partial charge < -0.3 is 34.7 Å². The van der Waals surface area contributed by atoms with Gasteiger partial charge in [-0.3, -0.25) is 4.79 Å². The van der Waals surface area contributed by atoms with Crippen molar-refractivity contribution < 1.29 is 28.8 Å². The molecule has 0 saturated carbocycles. The van der Waals surface area contributed by atoms with E-state index in [2.05, 4.69) is 10.6 Å². The Bertz CT molecular complexity index is 742. The fourth-order valence-electron chi connectivity index (χ4n) is 3.18. The van der Waals surface area contributed by atoms with Crippen LogP contribution in [0.25, 0.3) is 0 Å². The van der Waals surface area contributed by atoms with E-state index >= 15 is 0 Å². The Morgan fingerprint density at radius 2 is 1.10 bits per heavy atom. The van der Waals surface area contributed by atoms with Crippen molar-refractivity contribution in [2.75, 3.05) is 52.2 Å². The van der Waals surface area contributed by atoms with Crippen LogP contribution < -0.4 is 10.6 Å². The van der Waals surface area contributed by atoms with E-state index in [1.54, 1.807) is 35.4 Å². The van der Waals surface area contributed by atoms with Gasteiger partial charge in [-0.2, -0.15) is 0 Å². The van der Waals surface area contributed by atoms with E-state index in [4.69, 9.17) is 18.9 Å². The fraction of sp³-hybridized carbons (Fsp3) is 0.435. The van der Waals surface area contributed by atoms with Crippen LogP contribution in [0, 0.1) is 0 Å². The summed E-state index contributed by atoms with van der Waals surface area (Å²) in [5.41, 5.74) is 1.86. The second-order valence-electron chi connectivity index (χ2n) is 7.15. The molecule has 0 saturated heterocycles. The molecule has 2 aromatic carbocycles. The fourth-order valence-corrected chi connectivity index (χ4v) is 3.18. The minimum absolute atomic E-state index is 0.362. The lowest BCUT2D eigenvalue weighted by Crippen LogP contribution is -2.33. The molecule has 0 aliphatic carbocycles. The topological polar surface area (TPSA) is 98.3 Å². The summed E-state index contributed by atoms with van der Waals surface area (Å²) < 4.78 is 20.6. The summed E-state index contributed by atoms with van der Waals surface area (Å²) >= 11 is 0. The Kier molecular flexibility index (Phi) is 9.26. The first-order chi connectivity index (χ1) is 14.9. The van der Waals surface area contributed by atoms with Crippen molar-refractivity contribution >= 4 is 17.3 Å². The van der Waals surface area contributed by atoms with Gasteiger partial charge in [-0.15, -0.1) is 0 Å². The maximum atomic E-state index is 12.3. The van der Waals surface area contributed by atoms with Gasteiger partial charge in [0.15, 0.2) is 12.6 Å². The number of methoxy groups -OCH3 is 4. The van der Waals surface area contributed by atoms with Crippen LogP contribution in [0.4, 0.5) is 11.4 Å². The molecule has 2 rings (SSSR count). The van der Waals surface area contributed by atoms with Gasteiger partial charge >= 0.3 is 5.97 Å². The number of hydrogen-bond donors (Lipinski definition) is 3. The van der Waals surface area contributed by atoms with Gasteiger partial charge in [0.25, 0.3) is 0 Å². The minimum Gasteiger partial charge on any atom is -0.480 e. The van der Waals surface area contributed by atoms with E-state index in [0.29, 0.717) is 24.2 Å². The summed E-state index contributed by atoms with van der Waals surface area (Å²) in [7, 11) is 6.30. The summed E-state index contributed by atoms with van der Waals surface area (Å²) in [5.74, 6) is -0.924. The quantitative estimate of drug-likeness (QED) is 0.415. The van der Waals surface area contributed by atoms with Crippen LogP contribution in [0.15, 0.2) is 48.5 Å². The number of hydrogen-bond acceptors (Lipinski definition) is 7. The van der Waals surface area contributed by atoms with Gasteiger partial charge in [0.1, 0.15) is 5.41 Å². The molecule has 0 fully saturated rings. The molecular weight excluding hydrogens is 400 g/mol. The highest BCUT2D eigenvalue weighted by atomic mass is 16.7. The Morgan fingerprint density at radius 3 is 1.35 bits per heavy atom. The molecule has 31 heavy (non-hydrogen) atoms. The van der Waals surface area contributed by atoms with E-state index in [1.165, 1.54) is 0 Å². The summed E-state index contributed by atoms with van der Waals surface area (Å²) in [6.45, 7) is 2.66. The monoisotopic (exact) mass is 432 g/mol. The van der Waals surface area contributed by atoms with E-state index in [1.807, 2.05) is 48.5 Å². The average Bonchev–Trinajstić information content (AvgIpc) is 2.80. The van der Waals surface area contributed by atoms with Crippen LogP contribution in [0.5, 0.6) is 0 Å². The predicted octanol–water partition coefficient (Wildman–Crippen LogP) is 3.14. The molecule has 0 atom stereocenters. The molecule has 0 aliphatic rings. The van der Waals surface area contributed by atoms with Crippen molar-refractivity contribution in [3.05, 3.63) is 59.7 Å². The zero-order chi connectivity index (χ0) is 22.9. The van der Waals surface area contributed by atoms with Crippen LogP contribution in [-0.2, 0) is 29.2 Å². The number of rotatable bonds is 13. The van der Waals surface area contributed by atoms with Gasteiger partial charge in [-0.05, 0) is 42.3 Å². The highest BCUT2D eigenvalue weighted by molar-refractivity contribution is 5.85. The molecule has 2 aromatic rings. The van der Waals surface area contributed by atoms with Crippen LogP contribution >= 0.6 is 0 Å². The van der Waals surface area contributed by atoms with Crippen molar-refractivity contribution in [3.8, 4) is 0 Å². The number of anilines is 2. The Hall–Kier alpha value is -2.65. The largest absolute Gasteiger partial charge is 0.480 e. The molecule has 0 spiro atoms. The number of carboxylic acids is 1. The maximum Gasteiger partial charge on any atom is 0.318 e. The van der Waals surface area contributed by atoms with Crippen LogP contribution in [0.3, 0.4) is 0 Å². The molecule has 0 bridgehead atoms. The molecule has 0 heterocycles. The summed E-state index contributed by atoms with van der Waals surface area (Å²) in [6, 6.07) is 14.7. The molecule has 0 aliphatic heterocycles. The first kappa shape index (κ1) is 24.6. The molecule has 170 valence electrons. The summed E-state index contributed by atoms with van der Waals surface area (Å²) in [5, 5.41) is 16.5. The van der Waals surface area contributed by atoms with Crippen molar-refractivity contribution in [2.45, 2.75) is 24.9 Å². The van der Waals surface area contributed by atoms with E-state index < -0.39 is 11.4 Å². The number of nitrogens with one attached hydrogen (secondary N) is 2. The summed E-state index contributed by atoms with van der Waals surface area (Å²) in [6.07, 6.45) is -0.724. The third kappa shape index (κ3) is 6.18. The molecule has 0 aromatic heterocycles. The standard InChI is InChI=1S/C23H32N2O6/c1-23(22(26)27,16-6-10-18(11-7-16)24-14-20(28-2)29-3)17-8-12-19(13-9-17)25-15-21(30-4)31-5/h6-13,20-21,24-25H,14-15H2,1-5H3,(H,26,27). The van der Waals surface area contributed by atoms with E-state index in [-0.39, 0.29) is 12.6 Å². The van der Waals surface area contributed by atoms with Crippen molar-refractivity contribution in [3.63, 3.8) is 0 Å². The average molecular weight is 433 g/mol. The van der Waals surface area contributed by atoms with E-state index in [9.17, 15) is 9.90 Å². The smallest absolute Gasteiger partial charge is 0.318 e. The zero-order valence-corrected chi connectivity index (χ0v) is 18.7. The molecule has 8 nitrogen and oxygen atoms in total. The molecular formula is C23H32N2O6. The second kappa shape index (κ2) is 11.7. The highest BCUT2D eigenvalue weighted by Crippen LogP contribution is 2.34. The molecule has 0 radical (unpaired) electrons. The Morgan fingerprint density at radius 1 is 0.774 bits per heavy atom. The maximum absolute atomic E-state index is 12.3. The third-order valence-corrected chi connectivity index (χ3v) is 5.35. The first-order valence-corrected chi connectivity index (χ1v) is 9.92. The zero-order valence-electron chi connectivity index (χ0n) is 18.7. The molecule has 0 unspecified atom stereocenters. The van der Waals surface area contributed by atoms with Gasteiger partial charge in [-0.25, -0.2) is 0 Å². The molecule has 3 N–H and O–H groups in total. The highest BCUT2D eigenvalue weighted by Gasteiger charge is 2.37. The van der Waals surface area contributed by atoms with Crippen molar-refractivity contribution in [2.24, 2.45) is 0 Å². The van der Waals surface area contributed by atoms with Gasteiger partial charge in [-0.1, -0.05) is 24.3 Å². The predicted molar refractivity (Wildman–Crippen MR) is 120 cm³/mol. The SMILES string of the molecule is COC(CNc1ccc(C(C)(C(=O)O)c2ccc(NCC(OC)OC)cc2)cc1)OC. The molecule has 0 amide bonds. The van der Waals surface area contributed by atoms with E-state index in [0.717, 1.165) is 11.4 Å². The van der Waals surface area contributed by atoms with Crippen molar-refractivity contribution in [1.29, 1.82) is 0 Å². The van der Waals surface area contributed by atoms with Gasteiger partial charge in [0.2, 0.25) is 0 Å². The van der Waals surface area contributed by atoms with Crippen LogP contribution in [-0.4, -0.2) is 65.2 Å². The Balaban J connectivity index is 2.16. The first-order valence-electron chi connectivity index (χ1n) is 9.92. The van der Waals surface area contributed by atoms with Gasteiger partial charge in [0, 0.05) is 39.8 Å².